The molecule has 2 aromatic carbocycles. The van der Waals surface area contributed by atoms with E-state index in [9.17, 15) is 13.2 Å². The lowest BCUT2D eigenvalue weighted by molar-refractivity contribution is 0.0942. The summed E-state index contributed by atoms with van der Waals surface area (Å²) in [6.07, 6.45) is 2.18. The van der Waals surface area contributed by atoms with Gasteiger partial charge in [0.15, 0.2) is 0 Å². The number of carbonyl (C=O) groups is 1. The number of amides is 1. The SMILES string of the molecule is CN(C)c1ccc(CNC(=O)c2cc(S(=O)(=O)N3CCc4ccccc43)cn2C)cc1. The van der Waals surface area contributed by atoms with Crippen LogP contribution >= 0.6 is 0 Å². The summed E-state index contributed by atoms with van der Waals surface area (Å²) in [5.74, 6) is -0.317. The summed E-state index contributed by atoms with van der Waals surface area (Å²) in [5, 5.41) is 2.87. The first-order chi connectivity index (χ1) is 14.8. The summed E-state index contributed by atoms with van der Waals surface area (Å²) >= 11 is 0. The van der Waals surface area contributed by atoms with Gasteiger partial charge in [-0.1, -0.05) is 30.3 Å². The molecule has 1 aliphatic heterocycles. The van der Waals surface area contributed by atoms with Crippen LogP contribution in [0.1, 0.15) is 21.6 Å². The van der Waals surface area contributed by atoms with Crippen molar-refractivity contribution in [1.29, 1.82) is 0 Å². The fourth-order valence-electron chi connectivity index (χ4n) is 3.77. The van der Waals surface area contributed by atoms with Crippen LogP contribution in [0.4, 0.5) is 11.4 Å². The van der Waals surface area contributed by atoms with Gasteiger partial charge >= 0.3 is 0 Å². The van der Waals surface area contributed by atoms with Gasteiger partial charge in [0.1, 0.15) is 10.6 Å². The summed E-state index contributed by atoms with van der Waals surface area (Å²) < 4.78 is 29.4. The van der Waals surface area contributed by atoms with Gasteiger partial charge < -0.3 is 14.8 Å². The summed E-state index contributed by atoms with van der Waals surface area (Å²) in [7, 11) is 1.88. The Balaban J connectivity index is 1.50. The topological polar surface area (TPSA) is 74.7 Å². The second kappa shape index (κ2) is 8.11. The zero-order chi connectivity index (χ0) is 22.2. The molecule has 1 aliphatic rings. The van der Waals surface area contributed by atoms with Crippen molar-refractivity contribution in [3.05, 3.63) is 77.6 Å². The van der Waals surface area contributed by atoms with Gasteiger partial charge in [0, 0.05) is 46.1 Å². The summed E-state index contributed by atoms with van der Waals surface area (Å²) in [5.41, 5.74) is 4.07. The molecular formula is C23H26N4O3S. The maximum absolute atomic E-state index is 13.2. The maximum Gasteiger partial charge on any atom is 0.268 e. The molecule has 1 amide bonds. The smallest absolute Gasteiger partial charge is 0.268 e. The zero-order valence-corrected chi connectivity index (χ0v) is 18.7. The van der Waals surface area contributed by atoms with Crippen LogP contribution in [0.25, 0.3) is 0 Å². The summed E-state index contributed by atoms with van der Waals surface area (Å²) in [6, 6.07) is 16.8. The number of rotatable bonds is 6. The number of fused-ring (bicyclic) bond motifs is 1. The molecule has 0 unspecified atom stereocenters. The molecule has 0 saturated heterocycles. The fraction of sp³-hybridized carbons (Fsp3) is 0.261. The molecule has 8 heteroatoms. The van der Waals surface area contributed by atoms with E-state index in [1.807, 2.05) is 67.5 Å². The number of aromatic nitrogens is 1. The van der Waals surface area contributed by atoms with Crippen molar-refractivity contribution in [2.24, 2.45) is 7.05 Å². The molecule has 31 heavy (non-hydrogen) atoms. The minimum absolute atomic E-state index is 0.118. The molecule has 0 atom stereocenters. The van der Waals surface area contributed by atoms with Crippen molar-refractivity contribution in [3.8, 4) is 0 Å². The molecule has 3 aromatic rings. The molecule has 0 spiro atoms. The van der Waals surface area contributed by atoms with Crippen molar-refractivity contribution in [1.82, 2.24) is 9.88 Å². The molecule has 0 saturated carbocycles. The Morgan fingerprint density at radius 3 is 2.52 bits per heavy atom. The minimum atomic E-state index is -3.74. The molecule has 1 N–H and O–H groups in total. The largest absolute Gasteiger partial charge is 0.378 e. The number of benzene rings is 2. The Morgan fingerprint density at radius 1 is 1.10 bits per heavy atom. The highest BCUT2D eigenvalue weighted by atomic mass is 32.2. The standard InChI is InChI=1S/C23H26N4O3S/c1-25(2)19-10-8-17(9-11-19)15-24-23(28)22-14-20(16-26(22)3)31(29,30)27-13-12-18-6-4-5-7-21(18)27/h4-11,14,16H,12-13,15H2,1-3H3,(H,24,28). The number of nitrogens with one attached hydrogen (secondary N) is 1. The molecule has 162 valence electrons. The van der Waals surface area contributed by atoms with Gasteiger partial charge in [0.05, 0.1) is 5.69 Å². The predicted octanol–water partition coefficient (Wildman–Crippen LogP) is 2.77. The number of sulfonamides is 1. The van der Waals surface area contributed by atoms with E-state index < -0.39 is 10.0 Å². The van der Waals surface area contributed by atoms with Crippen LogP contribution in [0, 0.1) is 0 Å². The van der Waals surface area contributed by atoms with Gasteiger partial charge in [-0.3, -0.25) is 9.10 Å². The third-order valence-electron chi connectivity index (χ3n) is 5.55. The van der Waals surface area contributed by atoms with Crippen molar-refractivity contribution in [2.45, 2.75) is 17.9 Å². The van der Waals surface area contributed by atoms with Gasteiger partial charge in [-0.2, -0.15) is 0 Å². The van der Waals surface area contributed by atoms with E-state index in [1.165, 1.54) is 16.6 Å². The lowest BCUT2D eigenvalue weighted by atomic mass is 10.2. The normalized spacial score (nSPS) is 13.2. The van der Waals surface area contributed by atoms with Crippen molar-refractivity contribution < 1.29 is 13.2 Å². The van der Waals surface area contributed by atoms with Gasteiger partial charge in [0.25, 0.3) is 15.9 Å². The van der Waals surface area contributed by atoms with E-state index in [0.717, 1.165) is 16.8 Å². The van der Waals surface area contributed by atoms with E-state index in [4.69, 9.17) is 0 Å². The second-order valence-corrected chi connectivity index (χ2v) is 9.73. The monoisotopic (exact) mass is 438 g/mol. The van der Waals surface area contributed by atoms with Crippen LogP contribution in [-0.2, 0) is 30.0 Å². The highest BCUT2D eigenvalue weighted by molar-refractivity contribution is 7.92. The molecule has 0 aliphatic carbocycles. The number of nitrogens with zero attached hydrogens (tertiary/aromatic N) is 3. The predicted molar refractivity (Wildman–Crippen MR) is 122 cm³/mol. The Hall–Kier alpha value is -3.26. The minimum Gasteiger partial charge on any atom is -0.378 e. The average molecular weight is 439 g/mol. The molecule has 1 aromatic heterocycles. The first kappa shape index (κ1) is 21.0. The molecule has 4 rings (SSSR count). The zero-order valence-electron chi connectivity index (χ0n) is 17.9. The Kier molecular flexibility index (Phi) is 5.49. The number of anilines is 2. The average Bonchev–Trinajstić information content (AvgIpc) is 3.37. The third kappa shape index (κ3) is 4.03. The third-order valence-corrected chi connectivity index (χ3v) is 7.33. The van der Waals surface area contributed by atoms with Crippen LogP contribution in [-0.4, -0.2) is 39.5 Å². The Labute approximate surface area is 183 Å². The summed E-state index contributed by atoms with van der Waals surface area (Å²) in [6.45, 7) is 0.764. The van der Waals surface area contributed by atoms with Crippen LogP contribution in [0.5, 0.6) is 0 Å². The van der Waals surface area contributed by atoms with Gasteiger partial charge in [0.2, 0.25) is 0 Å². The van der Waals surface area contributed by atoms with E-state index in [2.05, 4.69) is 5.32 Å². The highest BCUT2D eigenvalue weighted by Gasteiger charge is 2.32. The molecule has 2 heterocycles. The Morgan fingerprint density at radius 2 is 1.81 bits per heavy atom. The number of aryl methyl sites for hydroxylation is 1. The molecule has 0 radical (unpaired) electrons. The number of hydrogen-bond acceptors (Lipinski definition) is 4. The fourth-order valence-corrected chi connectivity index (χ4v) is 5.35. The van der Waals surface area contributed by atoms with E-state index >= 15 is 0 Å². The maximum atomic E-state index is 13.2. The highest BCUT2D eigenvalue weighted by Crippen LogP contribution is 2.33. The second-order valence-electron chi connectivity index (χ2n) is 7.87. The van der Waals surface area contributed by atoms with Crippen LogP contribution in [0.3, 0.4) is 0 Å². The molecule has 7 nitrogen and oxygen atoms in total. The van der Waals surface area contributed by atoms with Gasteiger partial charge in [-0.05, 0) is 41.8 Å². The number of carbonyl (C=O) groups excluding carboxylic acids is 1. The van der Waals surface area contributed by atoms with E-state index in [0.29, 0.717) is 30.9 Å². The molecule has 0 bridgehead atoms. The molecular weight excluding hydrogens is 412 g/mol. The lowest BCUT2D eigenvalue weighted by Gasteiger charge is -2.18. The summed E-state index contributed by atoms with van der Waals surface area (Å²) in [4.78, 5) is 14.9. The van der Waals surface area contributed by atoms with Crippen molar-refractivity contribution in [3.63, 3.8) is 0 Å². The van der Waals surface area contributed by atoms with Gasteiger partial charge in [-0.25, -0.2) is 8.42 Å². The number of para-hydroxylation sites is 1. The van der Waals surface area contributed by atoms with E-state index in [1.54, 1.807) is 11.6 Å². The lowest BCUT2D eigenvalue weighted by Crippen LogP contribution is -2.28. The van der Waals surface area contributed by atoms with Crippen molar-refractivity contribution >= 4 is 27.3 Å². The van der Waals surface area contributed by atoms with Crippen LogP contribution < -0.4 is 14.5 Å². The first-order valence-corrected chi connectivity index (χ1v) is 11.5. The molecule has 0 fully saturated rings. The Bertz CT molecular complexity index is 1210. The van der Waals surface area contributed by atoms with E-state index in [-0.39, 0.29) is 10.8 Å². The van der Waals surface area contributed by atoms with Crippen molar-refractivity contribution in [2.75, 3.05) is 29.8 Å². The first-order valence-electron chi connectivity index (χ1n) is 10.1. The van der Waals surface area contributed by atoms with Crippen LogP contribution in [0.15, 0.2) is 65.7 Å². The van der Waals surface area contributed by atoms with Gasteiger partial charge in [-0.15, -0.1) is 0 Å². The quantitative estimate of drug-likeness (QED) is 0.642. The number of hydrogen-bond donors (Lipinski definition) is 1. The van der Waals surface area contributed by atoms with Crippen LogP contribution in [0.2, 0.25) is 0 Å².